The third-order valence-electron chi connectivity index (χ3n) is 8.09. The van der Waals surface area contributed by atoms with Crippen LogP contribution in [0.3, 0.4) is 0 Å². The summed E-state index contributed by atoms with van der Waals surface area (Å²) in [6.45, 7) is 10.3. The van der Waals surface area contributed by atoms with E-state index >= 15 is 4.39 Å². The molecule has 10 nitrogen and oxygen atoms in total. The molecule has 41 heavy (non-hydrogen) atoms. The van der Waals surface area contributed by atoms with Gasteiger partial charge in [0.15, 0.2) is 5.82 Å². The van der Waals surface area contributed by atoms with E-state index in [9.17, 15) is 9.59 Å². The molecule has 1 aliphatic carbocycles. The highest BCUT2D eigenvalue weighted by Crippen LogP contribution is 2.38. The fourth-order valence-corrected chi connectivity index (χ4v) is 5.83. The van der Waals surface area contributed by atoms with Gasteiger partial charge in [-0.15, -0.1) is 0 Å². The Morgan fingerprint density at radius 2 is 2.00 bits per heavy atom. The standard InChI is InChI=1S/C30H40FN5O5/c1-6-21-20(15-40-35-21)28(37)34-25(18-9-7-17(2)8-10-18)27-32-22-12-11-19(24(31)26(22)33-27)23-16-39-14-13-36(23)29(38)41-30(3,4)5/h11-12,15,17-18,23,25H,6-10,13-14,16H2,1-5H3,(H,32,33)(H,34,37)/t17?,18?,23-,25?/m0/s1. The smallest absolute Gasteiger partial charge is 0.410 e. The molecule has 0 radical (unpaired) electrons. The quantitative estimate of drug-likeness (QED) is 0.381. The highest BCUT2D eigenvalue weighted by Gasteiger charge is 2.36. The van der Waals surface area contributed by atoms with E-state index in [0.717, 1.165) is 25.7 Å². The second-order valence-corrected chi connectivity index (χ2v) is 12.3. The second kappa shape index (κ2) is 11.8. The van der Waals surface area contributed by atoms with E-state index < -0.39 is 29.6 Å². The zero-order chi connectivity index (χ0) is 29.3. The van der Waals surface area contributed by atoms with Crippen LogP contribution in [0.2, 0.25) is 0 Å². The SMILES string of the molecule is CCc1nocc1C(=O)NC(c1nc2c(F)c([C@@H]3COCCN3C(=O)OC(C)(C)C)ccc2[nH]1)C1CCC(C)CC1. The minimum atomic E-state index is -0.680. The lowest BCUT2D eigenvalue weighted by molar-refractivity contribution is -0.0337. The summed E-state index contributed by atoms with van der Waals surface area (Å²) in [4.78, 5) is 35.8. The van der Waals surface area contributed by atoms with Crippen molar-refractivity contribution < 1.29 is 28.0 Å². The minimum Gasteiger partial charge on any atom is -0.444 e. The molecular weight excluding hydrogens is 529 g/mol. The number of rotatable bonds is 6. The van der Waals surface area contributed by atoms with Gasteiger partial charge in [0, 0.05) is 12.1 Å². The summed E-state index contributed by atoms with van der Waals surface area (Å²) in [5.74, 6) is 0.443. The number of nitrogens with zero attached hydrogens (tertiary/aromatic N) is 3. The number of carbonyl (C=O) groups is 2. The summed E-state index contributed by atoms with van der Waals surface area (Å²) < 4.78 is 32.4. The molecule has 1 saturated carbocycles. The predicted molar refractivity (Wildman–Crippen MR) is 150 cm³/mol. The van der Waals surface area contributed by atoms with Crippen molar-refractivity contribution in [2.45, 2.75) is 84.4 Å². The number of morpholine rings is 1. The Balaban J connectivity index is 1.47. The molecule has 2 aromatic heterocycles. The van der Waals surface area contributed by atoms with Crippen molar-refractivity contribution in [2.75, 3.05) is 19.8 Å². The first-order valence-corrected chi connectivity index (χ1v) is 14.5. The van der Waals surface area contributed by atoms with Crippen LogP contribution in [0.4, 0.5) is 9.18 Å². The number of carbonyl (C=O) groups excluding carboxylic acids is 2. The van der Waals surface area contributed by atoms with E-state index in [1.165, 1.54) is 11.2 Å². The first-order valence-electron chi connectivity index (χ1n) is 14.5. The van der Waals surface area contributed by atoms with Crippen LogP contribution in [-0.4, -0.2) is 57.4 Å². The van der Waals surface area contributed by atoms with Crippen LogP contribution < -0.4 is 5.32 Å². The van der Waals surface area contributed by atoms with E-state index in [0.29, 0.717) is 53.7 Å². The molecule has 1 aliphatic heterocycles. The Kier molecular flexibility index (Phi) is 8.35. The van der Waals surface area contributed by atoms with Gasteiger partial charge in [-0.1, -0.05) is 37.9 Å². The number of amides is 2. The van der Waals surface area contributed by atoms with Gasteiger partial charge in [0.05, 0.1) is 36.5 Å². The molecule has 1 aromatic carbocycles. The van der Waals surface area contributed by atoms with Gasteiger partial charge in [-0.25, -0.2) is 14.2 Å². The molecule has 1 saturated heterocycles. The Morgan fingerprint density at radius 3 is 2.71 bits per heavy atom. The fraction of sp³-hybridized carbons (Fsp3) is 0.600. The number of ether oxygens (including phenoxy) is 2. The molecule has 0 spiro atoms. The average Bonchev–Trinajstić information content (AvgIpc) is 3.59. The van der Waals surface area contributed by atoms with Crippen molar-refractivity contribution in [1.29, 1.82) is 0 Å². The number of nitrogens with one attached hydrogen (secondary N) is 2. The van der Waals surface area contributed by atoms with E-state index in [1.807, 2.05) is 6.92 Å². The van der Waals surface area contributed by atoms with Gasteiger partial charge in [0.25, 0.3) is 5.91 Å². The molecule has 11 heteroatoms. The normalized spacial score (nSPS) is 22.5. The maximum atomic E-state index is 16.2. The van der Waals surface area contributed by atoms with Gasteiger partial charge in [0.1, 0.15) is 28.8 Å². The maximum absolute atomic E-state index is 16.2. The van der Waals surface area contributed by atoms with Gasteiger partial charge in [-0.2, -0.15) is 0 Å². The third-order valence-corrected chi connectivity index (χ3v) is 8.09. The van der Waals surface area contributed by atoms with Crippen LogP contribution in [0.25, 0.3) is 11.0 Å². The number of aryl methyl sites for hydroxylation is 1. The summed E-state index contributed by atoms with van der Waals surface area (Å²) in [5.41, 5.74) is 1.29. The fourth-order valence-electron chi connectivity index (χ4n) is 5.83. The van der Waals surface area contributed by atoms with Crippen molar-refractivity contribution in [2.24, 2.45) is 11.8 Å². The van der Waals surface area contributed by atoms with E-state index in [4.69, 9.17) is 19.0 Å². The molecule has 0 bridgehead atoms. The number of aromatic nitrogens is 3. The lowest BCUT2D eigenvalue weighted by atomic mass is 9.79. The maximum Gasteiger partial charge on any atom is 0.410 e. The molecule has 2 atom stereocenters. The Hall–Kier alpha value is -3.47. The van der Waals surface area contributed by atoms with Crippen LogP contribution in [0.1, 0.15) is 99.8 Å². The van der Waals surface area contributed by atoms with Crippen LogP contribution in [0.5, 0.6) is 0 Å². The number of H-pyrrole nitrogens is 1. The Labute approximate surface area is 239 Å². The number of benzene rings is 1. The number of aromatic amines is 1. The number of imidazole rings is 1. The summed E-state index contributed by atoms with van der Waals surface area (Å²) in [7, 11) is 0. The highest BCUT2D eigenvalue weighted by atomic mass is 19.1. The zero-order valence-electron chi connectivity index (χ0n) is 24.5. The van der Waals surface area contributed by atoms with Gasteiger partial charge >= 0.3 is 6.09 Å². The first-order chi connectivity index (χ1) is 19.6. The summed E-state index contributed by atoms with van der Waals surface area (Å²) in [6.07, 6.45) is 5.35. The molecule has 2 N–H and O–H groups in total. The lowest BCUT2D eigenvalue weighted by Crippen LogP contribution is -2.46. The Morgan fingerprint density at radius 1 is 1.24 bits per heavy atom. The molecular formula is C30H40FN5O5. The Bertz CT molecular complexity index is 1390. The van der Waals surface area contributed by atoms with Crippen molar-refractivity contribution >= 4 is 23.0 Å². The van der Waals surface area contributed by atoms with Crippen LogP contribution in [0.15, 0.2) is 22.9 Å². The zero-order valence-corrected chi connectivity index (χ0v) is 24.5. The highest BCUT2D eigenvalue weighted by molar-refractivity contribution is 5.95. The molecule has 222 valence electrons. The lowest BCUT2D eigenvalue weighted by Gasteiger charge is -2.36. The third kappa shape index (κ3) is 6.24. The molecule has 5 rings (SSSR count). The van der Waals surface area contributed by atoms with Crippen LogP contribution >= 0.6 is 0 Å². The number of fused-ring (bicyclic) bond motifs is 1. The van der Waals surface area contributed by atoms with Gasteiger partial charge in [-0.3, -0.25) is 9.69 Å². The summed E-state index contributed by atoms with van der Waals surface area (Å²) in [6, 6.07) is 2.33. The largest absolute Gasteiger partial charge is 0.444 e. The molecule has 2 fully saturated rings. The molecule has 2 amide bonds. The van der Waals surface area contributed by atoms with Crippen molar-refractivity contribution in [3.63, 3.8) is 0 Å². The molecule has 3 heterocycles. The van der Waals surface area contributed by atoms with Gasteiger partial charge < -0.3 is 24.3 Å². The number of hydrogen-bond donors (Lipinski definition) is 2. The monoisotopic (exact) mass is 569 g/mol. The molecule has 3 aromatic rings. The van der Waals surface area contributed by atoms with Gasteiger partial charge in [0.2, 0.25) is 0 Å². The van der Waals surface area contributed by atoms with Crippen molar-refractivity contribution in [3.8, 4) is 0 Å². The van der Waals surface area contributed by atoms with E-state index in [1.54, 1.807) is 32.9 Å². The second-order valence-electron chi connectivity index (χ2n) is 12.3. The van der Waals surface area contributed by atoms with E-state index in [-0.39, 0.29) is 23.9 Å². The first kappa shape index (κ1) is 29.0. The topological polar surface area (TPSA) is 123 Å². The molecule has 1 unspecified atom stereocenters. The van der Waals surface area contributed by atoms with Crippen LogP contribution in [0, 0.1) is 17.7 Å². The van der Waals surface area contributed by atoms with Crippen molar-refractivity contribution in [1.82, 2.24) is 25.3 Å². The van der Waals surface area contributed by atoms with Gasteiger partial charge in [-0.05, 0) is 57.9 Å². The summed E-state index contributed by atoms with van der Waals surface area (Å²) in [5, 5.41) is 7.09. The van der Waals surface area contributed by atoms with Crippen molar-refractivity contribution in [3.05, 3.63) is 46.9 Å². The minimum absolute atomic E-state index is 0.137. The molecule has 2 aliphatic rings. The van der Waals surface area contributed by atoms with Crippen LogP contribution in [-0.2, 0) is 15.9 Å². The van der Waals surface area contributed by atoms with E-state index in [2.05, 4.69) is 22.4 Å². The number of hydrogen-bond acceptors (Lipinski definition) is 7. The summed E-state index contributed by atoms with van der Waals surface area (Å²) >= 11 is 0. The number of halogens is 1. The average molecular weight is 570 g/mol. The predicted octanol–water partition coefficient (Wildman–Crippen LogP) is 5.86.